The van der Waals surface area contributed by atoms with Crippen molar-refractivity contribution in [2.45, 2.75) is 18.4 Å². The molecule has 1 saturated carbocycles. The van der Waals surface area contributed by atoms with Crippen molar-refractivity contribution in [3.63, 3.8) is 0 Å². The molecule has 1 N–H and O–H groups in total. The van der Waals surface area contributed by atoms with Gasteiger partial charge in [-0.15, -0.1) is 0 Å². The third kappa shape index (κ3) is 1.89. The van der Waals surface area contributed by atoms with Gasteiger partial charge in [-0.2, -0.15) is 0 Å². The van der Waals surface area contributed by atoms with Crippen LogP contribution in [-0.4, -0.2) is 28.7 Å². The Hall–Kier alpha value is -1.14. The van der Waals surface area contributed by atoms with Crippen LogP contribution >= 0.6 is 15.9 Å². The Morgan fingerprint density at radius 3 is 2.67 bits per heavy atom. The molecule has 1 aromatic carbocycles. The molecule has 0 aromatic heterocycles. The highest BCUT2D eigenvalue weighted by atomic mass is 79.9. The van der Waals surface area contributed by atoms with Crippen LogP contribution in [0.15, 0.2) is 22.7 Å². The maximum Gasteiger partial charge on any atom is 0.292 e. The van der Waals surface area contributed by atoms with Crippen LogP contribution in [0.5, 0.6) is 0 Å². The molecule has 1 aliphatic carbocycles. The molecule has 1 aliphatic heterocycles. The van der Waals surface area contributed by atoms with Gasteiger partial charge in [0.15, 0.2) is 0 Å². The molecule has 96 valence electrons. The van der Waals surface area contributed by atoms with Gasteiger partial charge in [-0.05, 0) is 30.9 Å². The predicted molar refractivity (Wildman–Crippen MR) is 70.7 cm³/mol. The van der Waals surface area contributed by atoms with E-state index < -0.39 is 5.60 Å². The highest BCUT2D eigenvalue weighted by Crippen LogP contribution is 2.47. The van der Waals surface area contributed by atoms with Gasteiger partial charge in [0.1, 0.15) is 11.3 Å². The fraction of sp³-hybridized carbons (Fsp3) is 0.500. The molecule has 1 heterocycles. The number of nitro groups is 1. The average Bonchev–Trinajstić information content (AvgIpc) is 3.08. The molecule has 6 heteroatoms. The zero-order valence-corrected chi connectivity index (χ0v) is 11.3. The van der Waals surface area contributed by atoms with E-state index in [0.29, 0.717) is 24.7 Å². The molecule has 2 aliphatic rings. The predicted octanol–water partition coefficient (Wildman–Crippen LogP) is 2.32. The highest BCUT2D eigenvalue weighted by Gasteiger charge is 2.52. The quantitative estimate of drug-likeness (QED) is 0.687. The second-order valence-electron chi connectivity index (χ2n) is 5.12. The van der Waals surface area contributed by atoms with Crippen LogP contribution in [-0.2, 0) is 0 Å². The first kappa shape index (κ1) is 11.9. The first-order valence-corrected chi connectivity index (χ1v) is 6.70. The summed E-state index contributed by atoms with van der Waals surface area (Å²) >= 11 is 3.33. The third-order valence-corrected chi connectivity index (χ3v) is 4.23. The lowest BCUT2D eigenvalue weighted by Crippen LogP contribution is -2.63. The number of β-amino-alcohol motifs (C(OH)–C–C–N with tert-alkyl or cyclic N) is 1. The smallest absolute Gasteiger partial charge is 0.292 e. The van der Waals surface area contributed by atoms with Gasteiger partial charge in [0, 0.05) is 23.6 Å². The van der Waals surface area contributed by atoms with Crippen LogP contribution in [0, 0.1) is 16.0 Å². The normalized spacial score (nSPS) is 21.6. The number of aliphatic hydroxyl groups is 1. The summed E-state index contributed by atoms with van der Waals surface area (Å²) in [4.78, 5) is 12.5. The molecule has 0 amide bonds. The van der Waals surface area contributed by atoms with Gasteiger partial charge >= 0.3 is 0 Å². The molecule has 1 aromatic rings. The Balaban J connectivity index is 1.84. The van der Waals surface area contributed by atoms with Crippen molar-refractivity contribution in [2.24, 2.45) is 5.92 Å². The van der Waals surface area contributed by atoms with E-state index in [1.165, 1.54) is 6.07 Å². The topological polar surface area (TPSA) is 66.6 Å². The van der Waals surface area contributed by atoms with Crippen LogP contribution in [0.2, 0.25) is 0 Å². The average molecular weight is 313 g/mol. The fourth-order valence-electron chi connectivity index (χ4n) is 2.57. The van der Waals surface area contributed by atoms with Crippen LogP contribution < -0.4 is 4.90 Å². The van der Waals surface area contributed by atoms with E-state index in [2.05, 4.69) is 15.9 Å². The van der Waals surface area contributed by atoms with E-state index in [0.717, 1.165) is 17.3 Å². The zero-order chi connectivity index (χ0) is 12.9. The summed E-state index contributed by atoms with van der Waals surface area (Å²) in [5.74, 6) is 0.389. The summed E-state index contributed by atoms with van der Waals surface area (Å²) < 4.78 is 0.810. The summed E-state index contributed by atoms with van der Waals surface area (Å²) in [6, 6.07) is 4.90. The van der Waals surface area contributed by atoms with Gasteiger partial charge in [-0.1, -0.05) is 15.9 Å². The number of benzene rings is 1. The van der Waals surface area contributed by atoms with E-state index in [4.69, 9.17) is 0 Å². The zero-order valence-electron chi connectivity index (χ0n) is 9.67. The molecule has 2 fully saturated rings. The van der Waals surface area contributed by atoms with Crippen molar-refractivity contribution in [1.29, 1.82) is 0 Å². The van der Waals surface area contributed by atoms with Gasteiger partial charge in [-0.25, -0.2) is 0 Å². The molecule has 0 unspecified atom stereocenters. The standard InChI is InChI=1S/C12H13BrN2O3/c13-9-3-4-10(15(17)18)11(5-9)14-6-12(16,7-14)8-1-2-8/h3-5,8,16H,1-2,6-7H2. The maximum absolute atomic E-state index is 11.0. The summed E-state index contributed by atoms with van der Waals surface area (Å²) in [6.07, 6.45) is 2.15. The van der Waals surface area contributed by atoms with Crippen LogP contribution in [0.1, 0.15) is 12.8 Å². The molecule has 1 saturated heterocycles. The Kier molecular flexibility index (Phi) is 2.60. The van der Waals surface area contributed by atoms with E-state index in [1.54, 1.807) is 12.1 Å². The largest absolute Gasteiger partial charge is 0.386 e. The minimum atomic E-state index is -0.629. The van der Waals surface area contributed by atoms with Crippen molar-refractivity contribution >= 4 is 27.3 Å². The molecule has 0 atom stereocenters. The number of nitro benzene ring substituents is 1. The van der Waals surface area contributed by atoms with E-state index in [1.807, 2.05) is 4.90 Å². The fourth-order valence-corrected chi connectivity index (χ4v) is 2.92. The molecule has 0 bridgehead atoms. The second-order valence-corrected chi connectivity index (χ2v) is 6.04. The number of anilines is 1. The summed E-state index contributed by atoms with van der Waals surface area (Å²) in [7, 11) is 0. The lowest BCUT2D eigenvalue weighted by molar-refractivity contribution is -0.384. The number of rotatable bonds is 3. The Bertz CT molecular complexity index is 510. The van der Waals surface area contributed by atoms with Crippen molar-refractivity contribution in [1.82, 2.24) is 0 Å². The Morgan fingerprint density at radius 2 is 2.11 bits per heavy atom. The first-order chi connectivity index (χ1) is 8.49. The van der Waals surface area contributed by atoms with Crippen LogP contribution in [0.25, 0.3) is 0 Å². The van der Waals surface area contributed by atoms with Gasteiger partial charge < -0.3 is 10.0 Å². The van der Waals surface area contributed by atoms with Crippen molar-refractivity contribution in [3.8, 4) is 0 Å². The Morgan fingerprint density at radius 1 is 1.44 bits per heavy atom. The second kappa shape index (κ2) is 3.93. The number of hydrogen-bond donors (Lipinski definition) is 1. The van der Waals surface area contributed by atoms with Crippen LogP contribution in [0.3, 0.4) is 0 Å². The molecule has 0 spiro atoms. The highest BCUT2D eigenvalue weighted by molar-refractivity contribution is 9.10. The molecule has 3 rings (SSSR count). The Labute approximate surface area is 113 Å². The van der Waals surface area contributed by atoms with Gasteiger partial charge in [0.05, 0.1) is 4.92 Å². The van der Waals surface area contributed by atoms with E-state index in [-0.39, 0.29) is 10.6 Å². The monoisotopic (exact) mass is 312 g/mol. The number of nitrogens with zero attached hydrogens (tertiary/aromatic N) is 2. The van der Waals surface area contributed by atoms with Crippen molar-refractivity contribution in [3.05, 3.63) is 32.8 Å². The summed E-state index contributed by atoms with van der Waals surface area (Å²) in [5.41, 5.74) is 0.0478. The van der Waals surface area contributed by atoms with Crippen molar-refractivity contribution in [2.75, 3.05) is 18.0 Å². The molecular formula is C12H13BrN2O3. The molecular weight excluding hydrogens is 300 g/mol. The summed E-state index contributed by atoms with van der Waals surface area (Å²) in [5, 5.41) is 21.2. The van der Waals surface area contributed by atoms with Crippen LogP contribution in [0.4, 0.5) is 11.4 Å². The maximum atomic E-state index is 11.0. The summed E-state index contributed by atoms with van der Waals surface area (Å²) in [6.45, 7) is 0.990. The minimum absolute atomic E-state index is 0.0936. The van der Waals surface area contributed by atoms with Crippen molar-refractivity contribution < 1.29 is 10.0 Å². The molecule has 0 radical (unpaired) electrons. The number of halogens is 1. The first-order valence-electron chi connectivity index (χ1n) is 5.91. The molecule has 5 nitrogen and oxygen atoms in total. The lowest BCUT2D eigenvalue weighted by Gasteiger charge is -2.48. The van der Waals surface area contributed by atoms with Gasteiger partial charge in [0.2, 0.25) is 0 Å². The van der Waals surface area contributed by atoms with E-state index in [9.17, 15) is 15.2 Å². The third-order valence-electron chi connectivity index (χ3n) is 3.74. The van der Waals surface area contributed by atoms with E-state index >= 15 is 0 Å². The lowest BCUT2D eigenvalue weighted by atomic mass is 9.88. The number of hydrogen-bond acceptors (Lipinski definition) is 4. The SMILES string of the molecule is O=[N+]([O-])c1ccc(Br)cc1N1CC(O)(C2CC2)C1. The minimum Gasteiger partial charge on any atom is -0.386 e. The molecule has 18 heavy (non-hydrogen) atoms. The van der Waals surface area contributed by atoms with Gasteiger partial charge in [0.25, 0.3) is 5.69 Å². The van der Waals surface area contributed by atoms with Gasteiger partial charge in [-0.3, -0.25) is 10.1 Å².